The van der Waals surface area contributed by atoms with E-state index in [0.29, 0.717) is 0 Å². The molecular weight excluding hydrogens is 206 g/mol. The second-order valence-corrected chi connectivity index (χ2v) is 6.70. The van der Waals surface area contributed by atoms with Crippen LogP contribution in [-0.4, -0.2) is 30.3 Å². The van der Waals surface area contributed by atoms with Crippen LogP contribution in [0.15, 0.2) is 0 Å². The van der Waals surface area contributed by atoms with Crippen LogP contribution in [0, 0.1) is 0 Å². The lowest BCUT2D eigenvalue weighted by atomic mass is 10.2. The Hall–Kier alpha value is -0.620. The molecule has 0 spiro atoms. The quantitative estimate of drug-likeness (QED) is 0.729. The maximum Gasteiger partial charge on any atom is 0.304 e. The third-order valence-corrected chi connectivity index (χ3v) is 3.97. The van der Waals surface area contributed by atoms with Crippen LogP contribution >= 0.6 is 0 Å². The molecule has 0 heterocycles. The van der Waals surface area contributed by atoms with Gasteiger partial charge in [-0.15, -0.1) is 0 Å². The molecule has 1 atom stereocenters. The first-order chi connectivity index (χ1) is 6.06. The second kappa shape index (κ2) is 4.27. The van der Waals surface area contributed by atoms with E-state index in [2.05, 4.69) is 4.72 Å². The molecule has 0 aromatic rings. The zero-order valence-corrected chi connectivity index (χ0v) is 9.68. The van der Waals surface area contributed by atoms with Gasteiger partial charge >= 0.3 is 5.97 Å². The van der Waals surface area contributed by atoms with Gasteiger partial charge in [-0.25, -0.2) is 13.1 Å². The van der Waals surface area contributed by atoms with Crippen molar-refractivity contribution in [3.8, 4) is 0 Å². The number of sulfonamides is 1. The summed E-state index contributed by atoms with van der Waals surface area (Å²) in [5.41, 5.74) is 0. The molecule has 0 aromatic heterocycles. The van der Waals surface area contributed by atoms with E-state index in [-0.39, 0.29) is 6.42 Å². The van der Waals surface area contributed by atoms with E-state index in [1.807, 2.05) is 0 Å². The molecule has 0 fully saturated rings. The van der Waals surface area contributed by atoms with E-state index >= 15 is 0 Å². The van der Waals surface area contributed by atoms with Crippen molar-refractivity contribution in [3.63, 3.8) is 0 Å². The Morgan fingerprint density at radius 3 is 2.14 bits per heavy atom. The molecule has 6 heteroatoms. The van der Waals surface area contributed by atoms with Gasteiger partial charge < -0.3 is 5.11 Å². The van der Waals surface area contributed by atoms with Gasteiger partial charge in [0.1, 0.15) is 0 Å². The molecule has 0 saturated carbocycles. The number of carbonyl (C=O) groups is 1. The molecule has 0 aliphatic heterocycles. The van der Waals surface area contributed by atoms with Gasteiger partial charge in [0, 0.05) is 6.04 Å². The van der Waals surface area contributed by atoms with Crippen molar-refractivity contribution in [2.75, 3.05) is 0 Å². The number of hydrogen-bond acceptors (Lipinski definition) is 3. The molecule has 0 aromatic carbocycles. The van der Waals surface area contributed by atoms with Crippen molar-refractivity contribution >= 4 is 16.0 Å². The van der Waals surface area contributed by atoms with Crippen LogP contribution < -0.4 is 4.72 Å². The fourth-order valence-electron chi connectivity index (χ4n) is 0.745. The fourth-order valence-corrected chi connectivity index (χ4v) is 1.71. The Kier molecular flexibility index (Phi) is 4.08. The number of carboxylic acids is 1. The first-order valence-electron chi connectivity index (χ1n) is 4.30. The van der Waals surface area contributed by atoms with Crippen LogP contribution in [0.25, 0.3) is 0 Å². The van der Waals surface area contributed by atoms with Crippen LogP contribution in [0.5, 0.6) is 0 Å². The summed E-state index contributed by atoms with van der Waals surface area (Å²) in [5, 5.41) is 8.45. The van der Waals surface area contributed by atoms with Crippen molar-refractivity contribution in [2.45, 2.75) is 44.9 Å². The SMILES string of the molecule is CC(CC(=O)O)NS(=O)(=O)C(C)(C)C. The summed E-state index contributed by atoms with van der Waals surface area (Å²) in [6, 6.07) is -0.586. The Morgan fingerprint density at radius 1 is 1.43 bits per heavy atom. The Labute approximate surface area is 84.6 Å². The average molecular weight is 223 g/mol. The first-order valence-corrected chi connectivity index (χ1v) is 5.78. The maximum atomic E-state index is 11.5. The Morgan fingerprint density at radius 2 is 1.86 bits per heavy atom. The number of hydrogen-bond donors (Lipinski definition) is 2. The van der Waals surface area contributed by atoms with Crippen molar-refractivity contribution in [3.05, 3.63) is 0 Å². The van der Waals surface area contributed by atoms with Crippen LogP contribution in [0.1, 0.15) is 34.1 Å². The van der Waals surface area contributed by atoms with Gasteiger partial charge in [-0.3, -0.25) is 4.79 Å². The number of aliphatic carboxylic acids is 1. The van der Waals surface area contributed by atoms with Crippen LogP contribution in [0.3, 0.4) is 0 Å². The Balaban J connectivity index is 4.46. The number of carboxylic acid groups (broad SMARTS) is 1. The standard InChI is InChI=1S/C8H17NO4S/c1-6(5-7(10)11)9-14(12,13)8(2,3)4/h6,9H,5H2,1-4H3,(H,10,11). The number of rotatable bonds is 4. The summed E-state index contributed by atoms with van der Waals surface area (Å²) in [6.07, 6.45) is -0.213. The summed E-state index contributed by atoms with van der Waals surface area (Å²) in [7, 11) is -3.46. The minimum absolute atomic E-state index is 0.213. The van der Waals surface area contributed by atoms with Gasteiger partial charge in [-0.1, -0.05) is 0 Å². The van der Waals surface area contributed by atoms with Crippen molar-refractivity contribution in [1.29, 1.82) is 0 Å². The molecule has 1 unspecified atom stereocenters. The third-order valence-electron chi connectivity index (χ3n) is 1.64. The predicted octanol–water partition coefficient (Wildman–Crippen LogP) is 0.568. The fraction of sp³-hybridized carbons (Fsp3) is 0.875. The van der Waals surface area contributed by atoms with Gasteiger partial charge in [0.2, 0.25) is 10.0 Å². The molecule has 0 bridgehead atoms. The van der Waals surface area contributed by atoms with Crippen LogP contribution in [0.4, 0.5) is 0 Å². The highest BCUT2D eigenvalue weighted by molar-refractivity contribution is 7.90. The molecule has 5 nitrogen and oxygen atoms in total. The molecule has 0 aliphatic rings. The van der Waals surface area contributed by atoms with Gasteiger partial charge in [0.25, 0.3) is 0 Å². The van der Waals surface area contributed by atoms with Gasteiger partial charge in [0.15, 0.2) is 0 Å². The van der Waals surface area contributed by atoms with Crippen molar-refractivity contribution in [1.82, 2.24) is 4.72 Å². The van der Waals surface area contributed by atoms with Gasteiger partial charge in [-0.2, -0.15) is 0 Å². The second-order valence-electron chi connectivity index (χ2n) is 4.23. The molecule has 0 aliphatic carbocycles. The lowest BCUT2D eigenvalue weighted by Crippen LogP contribution is -2.44. The summed E-state index contributed by atoms with van der Waals surface area (Å²) in [6.45, 7) is 6.20. The molecule has 0 rings (SSSR count). The minimum atomic E-state index is -3.46. The average Bonchev–Trinajstić information content (AvgIpc) is 1.79. The summed E-state index contributed by atoms with van der Waals surface area (Å²) in [4.78, 5) is 10.3. The largest absolute Gasteiger partial charge is 0.481 e. The normalized spacial score (nSPS) is 15.1. The highest BCUT2D eigenvalue weighted by Crippen LogP contribution is 2.14. The lowest BCUT2D eigenvalue weighted by Gasteiger charge is -2.22. The zero-order chi connectivity index (χ0) is 11.6. The van der Waals surface area contributed by atoms with Crippen molar-refractivity contribution < 1.29 is 18.3 Å². The van der Waals surface area contributed by atoms with E-state index < -0.39 is 26.8 Å². The summed E-state index contributed by atoms with van der Waals surface area (Å²) >= 11 is 0. The molecule has 0 radical (unpaired) electrons. The monoisotopic (exact) mass is 223 g/mol. The molecule has 84 valence electrons. The molecule has 14 heavy (non-hydrogen) atoms. The molecule has 0 amide bonds. The van der Waals surface area contributed by atoms with Crippen LogP contribution in [0.2, 0.25) is 0 Å². The van der Waals surface area contributed by atoms with Gasteiger partial charge in [-0.05, 0) is 27.7 Å². The topological polar surface area (TPSA) is 83.5 Å². The lowest BCUT2D eigenvalue weighted by molar-refractivity contribution is -0.137. The van der Waals surface area contributed by atoms with E-state index in [1.165, 1.54) is 6.92 Å². The van der Waals surface area contributed by atoms with E-state index in [9.17, 15) is 13.2 Å². The summed E-state index contributed by atoms with van der Waals surface area (Å²) < 4.78 is 24.5. The highest BCUT2D eigenvalue weighted by atomic mass is 32.2. The van der Waals surface area contributed by atoms with E-state index in [1.54, 1.807) is 20.8 Å². The molecular formula is C8H17NO4S. The van der Waals surface area contributed by atoms with Gasteiger partial charge in [0.05, 0.1) is 11.2 Å². The van der Waals surface area contributed by atoms with E-state index in [4.69, 9.17) is 5.11 Å². The Bertz CT molecular complexity index is 302. The minimum Gasteiger partial charge on any atom is -0.481 e. The summed E-state index contributed by atoms with van der Waals surface area (Å²) in [5.74, 6) is -1.02. The molecule has 0 saturated heterocycles. The van der Waals surface area contributed by atoms with E-state index in [0.717, 1.165) is 0 Å². The van der Waals surface area contributed by atoms with Crippen molar-refractivity contribution in [2.24, 2.45) is 0 Å². The third kappa shape index (κ3) is 4.06. The predicted molar refractivity (Wildman–Crippen MR) is 53.5 cm³/mol. The first kappa shape index (κ1) is 13.4. The zero-order valence-electron chi connectivity index (χ0n) is 8.86. The maximum absolute atomic E-state index is 11.5. The molecule has 2 N–H and O–H groups in total. The highest BCUT2D eigenvalue weighted by Gasteiger charge is 2.30. The number of nitrogens with one attached hydrogen (secondary N) is 1. The smallest absolute Gasteiger partial charge is 0.304 e. The van der Waals surface area contributed by atoms with Crippen LogP contribution in [-0.2, 0) is 14.8 Å².